The second kappa shape index (κ2) is 5.64. The molecule has 0 fully saturated rings. The molecule has 0 aliphatic heterocycles. The van der Waals surface area contributed by atoms with Crippen molar-refractivity contribution in [3.05, 3.63) is 63.7 Å². The van der Waals surface area contributed by atoms with Crippen molar-refractivity contribution in [2.24, 2.45) is 0 Å². The normalized spacial score (nSPS) is 12.3. The molecule has 0 radical (unpaired) electrons. The van der Waals surface area contributed by atoms with Gasteiger partial charge >= 0.3 is 0 Å². The van der Waals surface area contributed by atoms with Crippen LogP contribution < -0.4 is 4.74 Å². The Bertz CT molecular complexity index is 593. The number of aryl methyl sites for hydroxylation is 2. The van der Waals surface area contributed by atoms with Crippen LogP contribution in [-0.2, 0) is 0 Å². The third-order valence-electron chi connectivity index (χ3n) is 3.22. The van der Waals surface area contributed by atoms with Gasteiger partial charge in [0.25, 0.3) is 0 Å². The molecule has 0 bridgehead atoms. The molecule has 2 aromatic rings. The predicted octanol–water partition coefficient (Wildman–Crippen LogP) is 4.05. The number of ether oxygens (including phenoxy) is 1. The van der Waals surface area contributed by atoms with Crippen LogP contribution in [0.25, 0.3) is 0 Å². The summed E-state index contributed by atoms with van der Waals surface area (Å²) >= 11 is 6.20. The molecule has 0 heterocycles. The Kier molecular flexibility index (Phi) is 4.13. The third kappa shape index (κ3) is 2.91. The first-order valence-corrected chi connectivity index (χ1v) is 6.49. The van der Waals surface area contributed by atoms with Crippen molar-refractivity contribution >= 4 is 11.6 Å². The molecule has 1 atom stereocenters. The van der Waals surface area contributed by atoms with Crippen molar-refractivity contribution in [3.63, 3.8) is 0 Å². The van der Waals surface area contributed by atoms with Gasteiger partial charge in [-0.1, -0.05) is 41.4 Å². The number of hydrogen-bond donors (Lipinski definition) is 1. The van der Waals surface area contributed by atoms with E-state index in [1.807, 2.05) is 26.0 Å². The Hall–Kier alpha value is -1.51. The van der Waals surface area contributed by atoms with Gasteiger partial charge in [0, 0.05) is 5.56 Å². The van der Waals surface area contributed by atoms with Crippen LogP contribution in [0.4, 0.5) is 0 Å². The maximum Gasteiger partial charge on any atom is 0.120 e. The zero-order valence-corrected chi connectivity index (χ0v) is 12.0. The lowest BCUT2D eigenvalue weighted by Crippen LogP contribution is -2.03. The smallest absolute Gasteiger partial charge is 0.120 e. The van der Waals surface area contributed by atoms with E-state index in [0.29, 0.717) is 16.3 Å². The molecule has 2 nitrogen and oxygen atoms in total. The maximum atomic E-state index is 10.5. The summed E-state index contributed by atoms with van der Waals surface area (Å²) in [5.74, 6) is 0.682. The monoisotopic (exact) mass is 276 g/mol. The summed E-state index contributed by atoms with van der Waals surface area (Å²) in [5.41, 5.74) is 3.79. The Labute approximate surface area is 118 Å². The molecular weight excluding hydrogens is 260 g/mol. The van der Waals surface area contributed by atoms with Crippen LogP contribution in [0.5, 0.6) is 5.75 Å². The van der Waals surface area contributed by atoms with Gasteiger partial charge in [-0.2, -0.15) is 0 Å². The quantitative estimate of drug-likeness (QED) is 0.916. The first-order valence-electron chi connectivity index (χ1n) is 6.11. The molecule has 0 aromatic heterocycles. The van der Waals surface area contributed by atoms with Crippen LogP contribution in [0.3, 0.4) is 0 Å². The predicted molar refractivity (Wildman–Crippen MR) is 78.0 cm³/mol. The van der Waals surface area contributed by atoms with E-state index in [1.165, 1.54) is 5.56 Å². The molecular formula is C16H17ClO2. The number of aliphatic hydroxyl groups is 1. The zero-order chi connectivity index (χ0) is 14.0. The topological polar surface area (TPSA) is 29.5 Å². The summed E-state index contributed by atoms with van der Waals surface area (Å²) in [6.07, 6.45) is -0.723. The van der Waals surface area contributed by atoms with E-state index < -0.39 is 6.10 Å². The van der Waals surface area contributed by atoms with Crippen LogP contribution >= 0.6 is 11.6 Å². The van der Waals surface area contributed by atoms with Gasteiger partial charge in [0.15, 0.2) is 0 Å². The fraction of sp³-hybridized carbons (Fsp3) is 0.250. The van der Waals surface area contributed by atoms with Gasteiger partial charge in [-0.15, -0.1) is 0 Å². The minimum absolute atomic E-state index is 0.506. The van der Waals surface area contributed by atoms with Crippen molar-refractivity contribution in [2.45, 2.75) is 20.0 Å². The molecule has 0 spiro atoms. The van der Waals surface area contributed by atoms with Crippen molar-refractivity contribution in [3.8, 4) is 5.75 Å². The minimum atomic E-state index is -0.723. The van der Waals surface area contributed by atoms with Crippen LogP contribution in [0.1, 0.15) is 28.4 Å². The highest BCUT2D eigenvalue weighted by molar-refractivity contribution is 6.31. The van der Waals surface area contributed by atoms with Crippen LogP contribution in [-0.4, -0.2) is 12.2 Å². The summed E-state index contributed by atoms with van der Waals surface area (Å²) in [7, 11) is 1.59. The highest BCUT2D eigenvalue weighted by Gasteiger charge is 2.16. The Balaban J connectivity index is 2.41. The van der Waals surface area contributed by atoms with Crippen LogP contribution in [0, 0.1) is 13.8 Å². The molecule has 3 heteroatoms. The first-order chi connectivity index (χ1) is 9.02. The number of methoxy groups -OCH3 is 1. The van der Waals surface area contributed by atoms with Crippen molar-refractivity contribution in [1.29, 1.82) is 0 Å². The Morgan fingerprint density at radius 2 is 1.74 bits per heavy atom. The molecule has 100 valence electrons. The van der Waals surface area contributed by atoms with E-state index in [0.717, 1.165) is 11.1 Å². The molecule has 1 N–H and O–H groups in total. The van der Waals surface area contributed by atoms with E-state index >= 15 is 0 Å². The summed E-state index contributed by atoms with van der Waals surface area (Å²) in [6.45, 7) is 4.02. The molecule has 0 saturated heterocycles. The molecule has 0 saturated carbocycles. The molecule has 0 aliphatic rings. The Morgan fingerprint density at radius 1 is 1.05 bits per heavy atom. The molecule has 2 rings (SSSR count). The van der Waals surface area contributed by atoms with Gasteiger partial charge < -0.3 is 9.84 Å². The highest BCUT2D eigenvalue weighted by atomic mass is 35.5. The second-order valence-corrected chi connectivity index (χ2v) is 5.06. The number of hydrogen-bond acceptors (Lipinski definition) is 2. The largest absolute Gasteiger partial charge is 0.497 e. The van der Waals surface area contributed by atoms with Crippen molar-refractivity contribution < 1.29 is 9.84 Å². The number of rotatable bonds is 3. The highest BCUT2D eigenvalue weighted by Crippen LogP contribution is 2.32. The Morgan fingerprint density at radius 3 is 2.32 bits per heavy atom. The number of aliphatic hydroxyl groups excluding tert-OH is 1. The fourth-order valence-corrected chi connectivity index (χ4v) is 2.43. The fourth-order valence-electron chi connectivity index (χ4n) is 2.16. The molecule has 2 aromatic carbocycles. The summed E-state index contributed by atoms with van der Waals surface area (Å²) in [6, 6.07) is 11.3. The van der Waals surface area contributed by atoms with Gasteiger partial charge in [0.2, 0.25) is 0 Å². The SMILES string of the molecule is COc1ccc(C(O)c2ccc(C)cc2C)c(Cl)c1. The molecule has 0 aliphatic carbocycles. The zero-order valence-electron chi connectivity index (χ0n) is 11.3. The average molecular weight is 277 g/mol. The van der Waals surface area contributed by atoms with Crippen LogP contribution in [0.2, 0.25) is 5.02 Å². The third-order valence-corrected chi connectivity index (χ3v) is 3.55. The molecule has 0 amide bonds. The summed E-state index contributed by atoms with van der Waals surface area (Å²) in [4.78, 5) is 0. The van der Waals surface area contributed by atoms with E-state index in [1.54, 1.807) is 25.3 Å². The van der Waals surface area contributed by atoms with E-state index in [4.69, 9.17) is 16.3 Å². The standard InChI is InChI=1S/C16H17ClO2/c1-10-4-6-13(11(2)8-10)16(18)14-7-5-12(19-3)9-15(14)17/h4-9,16,18H,1-3H3. The summed E-state index contributed by atoms with van der Waals surface area (Å²) < 4.78 is 5.11. The molecule has 19 heavy (non-hydrogen) atoms. The first kappa shape index (κ1) is 13.9. The van der Waals surface area contributed by atoms with Crippen LogP contribution in [0.15, 0.2) is 36.4 Å². The van der Waals surface area contributed by atoms with Gasteiger partial charge in [-0.25, -0.2) is 0 Å². The number of benzene rings is 2. The van der Waals surface area contributed by atoms with E-state index in [-0.39, 0.29) is 0 Å². The lowest BCUT2D eigenvalue weighted by molar-refractivity contribution is 0.219. The van der Waals surface area contributed by atoms with Crippen molar-refractivity contribution in [1.82, 2.24) is 0 Å². The van der Waals surface area contributed by atoms with Gasteiger partial charge in [0.05, 0.1) is 12.1 Å². The molecule has 1 unspecified atom stereocenters. The van der Waals surface area contributed by atoms with Gasteiger partial charge in [0.1, 0.15) is 11.9 Å². The van der Waals surface area contributed by atoms with E-state index in [2.05, 4.69) is 6.07 Å². The number of halogens is 1. The summed E-state index contributed by atoms with van der Waals surface area (Å²) in [5, 5.41) is 11.0. The average Bonchev–Trinajstić information content (AvgIpc) is 2.37. The second-order valence-electron chi connectivity index (χ2n) is 4.65. The lowest BCUT2D eigenvalue weighted by atomic mass is 9.96. The van der Waals surface area contributed by atoms with E-state index in [9.17, 15) is 5.11 Å². The van der Waals surface area contributed by atoms with Gasteiger partial charge in [-0.3, -0.25) is 0 Å². The maximum absolute atomic E-state index is 10.5. The minimum Gasteiger partial charge on any atom is -0.497 e. The van der Waals surface area contributed by atoms with Crippen molar-refractivity contribution in [2.75, 3.05) is 7.11 Å². The van der Waals surface area contributed by atoms with Gasteiger partial charge in [-0.05, 0) is 37.1 Å². The lowest BCUT2D eigenvalue weighted by Gasteiger charge is -2.16.